The number of rotatable bonds is 0. The summed E-state index contributed by atoms with van der Waals surface area (Å²) in [6.07, 6.45) is 0. The van der Waals surface area contributed by atoms with Crippen LogP contribution < -0.4 is 0 Å². The van der Waals surface area contributed by atoms with E-state index in [1.165, 1.54) is 0 Å². The molecule has 0 aliphatic heterocycles. The molecule has 1 aromatic carbocycles. The first-order valence-electron chi connectivity index (χ1n) is 2.45. The van der Waals surface area contributed by atoms with Gasteiger partial charge in [0.2, 0.25) is 0 Å². The molecule has 1 rings (SSSR count). The van der Waals surface area contributed by atoms with E-state index < -0.39 is 0 Å². The molecule has 0 unspecified atom stereocenters. The van der Waals surface area contributed by atoms with E-state index in [-0.39, 0.29) is 5.75 Å². The minimum absolute atomic E-state index is 0.250. The van der Waals surface area contributed by atoms with Crippen LogP contribution in [0.25, 0.3) is 0 Å². The van der Waals surface area contributed by atoms with Crippen molar-refractivity contribution in [3.05, 3.63) is 24.6 Å². The van der Waals surface area contributed by atoms with E-state index in [2.05, 4.69) is 54.5 Å². The Morgan fingerprint density at radius 1 is 1.20 bits per heavy atom. The zero-order chi connectivity index (χ0) is 7.72. The average molecular weight is 378 g/mol. The minimum Gasteiger partial charge on any atom is -0.506 e. The summed E-state index contributed by atoms with van der Waals surface area (Å²) in [4.78, 5) is 0. The molecule has 4 heteroatoms. The third kappa shape index (κ3) is 1.85. The molecule has 0 radical (unpaired) electrons. The Morgan fingerprint density at radius 2 is 1.60 bits per heavy atom. The van der Waals surface area contributed by atoms with Gasteiger partial charge in [-0.1, -0.05) is 0 Å². The van der Waals surface area contributed by atoms with Gasteiger partial charge in [0.25, 0.3) is 0 Å². The summed E-state index contributed by atoms with van der Waals surface area (Å²) in [7, 11) is 0. The SMILES string of the molecule is Oc1c(Br)cc(I)cc1Br. The Hall–Kier alpha value is 0.710. The molecule has 0 fully saturated rings. The van der Waals surface area contributed by atoms with Gasteiger partial charge < -0.3 is 5.11 Å². The van der Waals surface area contributed by atoms with E-state index in [0.717, 1.165) is 3.57 Å². The standard InChI is InChI=1S/C6H3Br2IO/c7-4-1-3(9)2-5(8)6(4)10/h1-2,10H. The molecule has 0 heterocycles. The molecule has 0 saturated heterocycles. The van der Waals surface area contributed by atoms with Gasteiger partial charge in [-0.05, 0) is 66.6 Å². The number of hydrogen-bond donors (Lipinski definition) is 1. The number of benzene rings is 1. The third-order valence-electron chi connectivity index (χ3n) is 0.982. The molecule has 0 aliphatic carbocycles. The van der Waals surface area contributed by atoms with Crippen LogP contribution in [-0.2, 0) is 0 Å². The lowest BCUT2D eigenvalue weighted by Crippen LogP contribution is -1.74. The van der Waals surface area contributed by atoms with Crippen molar-refractivity contribution in [2.75, 3.05) is 0 Å². The fourth-order valence-corrected chi connectivity index (χ4v) is 3.20. The maximum atomic E-state index is 9.23. The highest BCUT2D eigenvalue weighted by Crippen LogP contribution is 2.33. The van der Waals surface area contributed by atoms with Crippen LogP contribution in [0, 0.1) is 3.57 Å². The summed E-state index contributed by atoms with van der Waals surface area (Å²) in [6, 6.07) is 3.70. The highest BCUT2D eigenvalue weighted by atomic mass is 127. The molecule has 0 amide bonds. The normalized spacial score (nSPS) is 9.90. The number of hydrogen-bond acceptors (Lipinski definition) is 1. The average Bonchev–Trinajstić information content (AvgIpc) is 1.82. The molecule has 0 bridgehead atoms. The Labute approximate surface area is 89.2 Å². The van der Waals surface area contributed by atoms with Gasteiger partial charge in [0.1, 0.15) is 5.75 Å². The molecule has 1 N–H and O–H groups in total. The highest BCUT2D eigenvalue weighted by Gasteiger charge is 2.02. The van der Waals surface area contributed by atoms with E-state index in [1.807, 2.05) is 12.1 Å². The molecule has 0 aromatic heterocycles. The Morgan fingerprint density at radius 3 is 2.00 bits per heavy atom. The lowest BCUT2D eigenvalue weighted by atomic mass is 10.3. The molecule has 1 nitrogen and oxygen atoms in total. The van der Waals surface area contributed by atoms with Gasteiger partial charge in [-0.15, -0.1) is 0 Å². The van der Waals surface area contributed by atoms with E-state index >= 15 is 0 Å². The predicted molar refractivity (Wildman–Crippen MR) is 56.2 cm³/mol. The minimum atomic E-state index is 0.250. The van der Waals surface area contributed by atoms with Gasteiger partial charge in [-0.3, -0.25) is 0 Å². The molecule has 0 spiro atoms. The smallest absolute Gasteiger partial charge is 0.143 e. The van der Waals surface area contributed by atoms with Crippen molar-refractivity contribution >= 4 is 54.5 Å². The van der Waals surface area contributed by atoms with Crippen LogP contribution >= 0.6 is 54.5 Å². The highest BCUT2D eigenvalue weighted by molar-refractivity contribution is 14.1. The predicted octanol–water partition coefficient (Wildman–Crippen LogP) is 3.52. The fourth-order valence-electron chi connectivity index (χ4n) is 0.535. The Bertz CT molecular complexity index is 239. The summed E-state index contributed by atoms with van der Waals surface area (Å²) in [6.45, 7) is 0. The van der Waals surface area contributed by atoms with E-state index in [0.29, 0.717) is 8.95 Å². The maximum absolute atomic E-state index is 9.23. The van der Waals surface area contributed by atoms with Crippen molar-refractivity contribution in [1.29, 1.82) is 0 Å². The van der Waals surface area contributed by atoms with Crippen LogP contribution in [0.5, 0.6) is 5.75 Å². The number of phenols is 1. The van der Waals surface area contributed by atoms with Crippen LogP contribution in [0.15, 0.2) is 21.1 Å². The number of aromatic hydroxyl groups is 1. The monoisotopic (exact) mass is 376 g/mol. The molecular formula is C6H3Br2IO. The van der Waals surface area contributed by atoms with Crippen molar-refractivity contribution < 1.29 is 5.11 Å². The zero-order valence-corrected chi connectivity index (χ0v) is 10.1. The Kier molecular flexibility index (Phi) is 3.00. The van der Waals surface area contributed by atoms with E-state index in [1.54, 1.807) is 0 Å². The van der Waals surface area contributed by atoms with Gasteiger partial charge in [0.05, 0.1) is 8.95 Å². The second-order valence-electron chi connectivity index (χ2n) is 1.72. The zero-order valence-electron chi connectivity index (χ0n) is 4.74. The van der Waals surface area contributed by atoms with Gasteiger partial charge >= 0.3 is 0 Å². The largest absolute Gasteiger partial charge is 0.506 e. The lowest BCUT2D eigenvalue weighted by molar-refractivity contribution is 0.468. The lowest BCUT2D eigenvalue weighted by Gasteiger charge is -1.99. The molecular weight excluding hydrogens is 375 g/mol. The molecule has 0 saturated carbocycles. The van der Waals surface area contributed by atoms with E-state index in [9.17, 15) is 5.11 Å². The van der Waals surface area contributed by atoms with Crippen LogP contribution in [0.3, 0.4) is 0 Å². The molecule has 1 aromatic rings. The third-order valence-corrected chi connectivity index (χ3v) is 2.81. The summed E-state index contributed by atoms with van der Waals surface area (Å²) in [5, 5.41) is 9.23. The van der Waals surface area contributed by atoms with Crippen molar-refractivity contribution in [1.82, 2.24) is 0 Å². The van der Waals surface area contributed by atoms with Crippen molar-refractivity contribution in [3.8, 4) is 5.75 Å². The fraction of sp³-hybridized carbons (Fsp3) is 0. The summed E-state index contributed by atoms with van der Waals surface area (Å²) in [5.74, 6) is 0.250. The van der Waals surface area contributed by atoms with Crippen molar-refractivity contribution in [2.24, 2.45) is 0 Å². The van der Waals surface area contributed by atoms with Crippen molar-refractivity contribution in [2.45, 2.75) is 0 Å². The molecule has 54 valence electrons. The van der Waals surface area contributed by atoms with Crippen LogP contribution in [0.2, 0.25) is 0 Å². The topological polar surface area (TPSA) is 20.2 Å². The first-order valence-corrected chi connectivity index (χ1v) is 5.11. The first-order chi connectivity index (χ1) is 4.61. The van der Waals surface area contributed by atoms with Gasteiger partial charge in [-0.2, -0.15) is 0 Å². The Balaban J connectivity index is 3.31. The van der Waals surface area contributed by atoms with Crippen LogP contribution in [-0.4, -0.2) is 5.11 Å². The molecule has 0 atom stereocenters. The van der Waals surface area contributed by atoms with Crippen LogP contribution in [0.4, 0.5) is 0 Å². The van der Waals surface area contributed by atoms with E-state index in [4.69, 9.17) is 0 Å². The van der Waals surface area contributed by atoms with Crippen LogP contribution in [0.1, 0.15) is 0 Å². The van der Waals surface area contributed by atoms with Gasteiger partial charge in [-0.25, -0.2) is 0 Å². The second-order valence-corrected chi connectivity index (χ2v) is 4.67. The van der Waals surface area contributed by atoms with Gasteiger partial charge in [0.15, 0.2) is 0 Å². The molecule has 0 aliphatic rings. The quantitative estimate of drug-likeness (QED) is 0.686. The first kappa shape index (κ1) is 8.80. The molecule has 10 heavy (non-hydrogen) atoms. The van der Waals surface area contributed by atoms with Gasteiger partial charge in [0, 0.05) is 3.57 Å². The maximum Gasteiger partial charge on any atom is 0.143 e. The van der Waals surface area contributed by atoms with Crippen molar-refractivity contribution in [3.63, 3.8) is 0 Å². The second kappa shape index (κ2) is 3.40. The summed E-state index contributed by atoms with van der Waals surface area (Å²) < 4.78 is 2.51. The summed E-state index contributed by atoms with van der Waals surface area (Å²) >= 11 is 8.60. The number of halogens is 3. The number of phenolic OH excluding ortho intramolecular Hbond substituents is 1. The summed E-state index contributed by atoms with van der Waals surface area (Å²) in [5.41, 5.74) is 0.